The molecule has 1 fully saturated rings. The fraction of sp³-hybridized carbons (Fsp3) is 0.450. The van der Waals surface area contributed by atoms with Gasteiger partial charge in [-0.15, -0.1) is 0 Å². The van der Waals surface area contributed by atoms with E-state index in [0.717, 1.165) is 18.4 Å². The van der Waals surface area contributed by atoms with Gasteiger partial charge < -0.3 is 20.1 Å². The number of esters is 1. The van der Waals surface area contributed by atoms with Crippen molar-refractivity contribution in [2.24, 2.45) is 11.8 Å². The molecule has 2 N–H and O–H groups in total. The quantitative estimate of drug-likeness (QED) is 0.533. The standard InChI is InChI=1S/C20H26N2O5/c1-3-18(23)22-16-6-4-5-14(11-16)12-19(24)21-13-17(20(25)26-2)15-7-9-27-10-8-15/h3-6,11,15,17H,1,7-10,12-13H2,2H3,(H,21,24)(H,22,23). The first-order valence-electron chi connectivity index (χ1n) is 8.98. The Morgan fingerprint density at radius 1 is 1.33 bits per heavy atom. The van der Waals surface area contributed by atoms with Crippen molar-refractivity contribution in [1.29, 1.82) is 0 Å². The molecule has 0 bridgehead atoms. The average molecular weight is 374 g/mol. The minimum atomic E-state index is -0.374. The molecule has 7 heteroatoms. The van der Waals surface area contributed by atoms with Crippen LogP contribution in [0.4, 0.5) is 5.69 Å². The van der Waals surface area contributed by atoms with E-state index in [9.17, 15) is 14.4 Å². The minimum Gasteiger partial charge on any atom is -0.469 e. The van der Waals surface area contributed by atoms with Gasteiger partial charge in [-0.2, -0.15) is 0 Å². The minimum absolute atomic E-state index is 0.143. The molecule has 1 atom stereocenters. The van der Waals surface area contributed by atoms with Gasteiger partial charge in [-0.1, -0.05) is 18.7 Å². The molecular formula is C20H26N2O5. The van der Waals surface area contributed by atoms with Gasteiger partial charge in [-0.3, -0.25) is 14.4 Å². The molecule has 1 aliphatic rings. The molecule has 146 valence electrons. The Morgan fingerprint density at radius 3 is 2.74 bits per heavy atom. The lowest BCUT2D eigenvalue weighted by atomic mass is 9.86. The molecule has 1 unspecified atom stereocenters. The smallest absolute Gasteiger partial charge is 0.310 e. The molecular weight excluding hydrogens is 348 g/mol. The molecule has 1 heterocycles. The Balaban J connectivity index is 1.91. The number of hydrogen-bond acceptors (Lipinski definition) is 5. The maximum absolute atomic E-state index is 12.3. The summed E-state index contributed by atoms with van der Waals surface area (Å²) >= 11 is 0. The lowest BCUT2D eigenvalue weighted by Crippen LogP contribution is -2.40. The Labute approximate surface area is 159 Å². The molecule has 1 aliphatic heterocycles. The van der Waals surface area contributed by atoms with Gasteiger partial charge in [-0.25, -0.2) is 0 Å². The Hall–Kier alpha value is -2.67. The number of hydrogen-bond donors (Lipinski definition) is 2. The van der Waals surface area contributed by atoms with Crippen LogP contribution in [-0.4, -0.2) is 44.7 Å². The van der Waals surface area contributed by atoms with Crippen LogP contribution in [0.25, 0.3) is 0 Å². The molecule has 1 aromatic rings. The zero-order chi connectivity index (χ0) is 19.6. The van der Waals surface area contributed by atoms with E-state index in [4.69, 9.17) is 9.47 Å². The summed E-state index contributed by atoms with van der Waals surface area (Å²) < 4.78 is 10.2. The number of rotatable bonds is 8. The maximum atomic E-state index is 12.3. The monoisotopic (exact) mass is 374 g/mol. The predicted molar refractivity (Wildman–Crippen MR) is 101 cm³/mol. The second-order valence-corrected chi connectivity index (χ2v) is 6.45. The first kappa shape index (κ1) is 20.6. The molecule has 7 nitrogen and oxygen atoms in total. The van der Waals surface area contributed by atoms with Gasteiger partial charge >= 0.3 is 5.97 Å². The average Bonchev–Trinajstić information content (AvgIpc) is 2.68. The van der Waals surface area contributed by atoms with E-state index < -0.39 is 0 Å². The van der Waals surface area contributed by atoms with Crippen LogP contribution in [0.1, 0.15) is 18.4 Å². The van der Waals surface area contributed by atoms with E-state index in [-0.39, 0.29) is 42.6 Å². The van der Waals surface area contributed by atoms with Gasteiger partial charge in [0.25, 0.3) is 0 Å². The molecule has 0 spiro atoms. The van der Waals surface area contributed by atoms with Crippen LogP contribution < -0.4 is 10.6 Å². The lowest BCUT2D eigenvalue weighted by molar-refractivity contribution is -0.148. The lowest BCUT2D eigenvalue weighted by Gasteiger charge is -2.28. The molecule has 0 aromatic heterocycles. The summed E-state index contributed by atoms with van der Waals surface area (Å²) in [5, 5.41) is 5.49. The molecule has 27 heavy (non-hydrogen) atoms. The van der Waals surface area contributed by atoms with Crippen molar-refractivity contribution in [2.75, 3.05) is 32.2 Å². The van der Waals surface area contributed by atoms with Crippen molar-refractivity contribution >= 4 is 23.5 Å². The van der Waals surface area contributed by atoms with E-state index in [1.54, 1.807) is 24.3 Å². The van der Waals surface area contributed by atoms with Crippen molar-refractivity contribution in [3.63, 3.8) is 0 Å². The van der Waals surface area contributed by atoms with Crippen LogP contribution in [0.3, 0.4) is 0 Å². The highest BCUT2D eigenvalue weighted by Gasteiger charge is 2.30. The van der Waals surface area contributed by atoms with Gasteiger partial charge in [-0.05, 0) is 42.5 Å². The van der Waals surface area contributed by atoms with Gasteiger partial charge in [0, 0.05) is 25.4 Å². The number of nitrogens with one attached hydrogen (secondary N) is 2. The molecule has 0 aliphatic carbocycles. The van der Waals surface area contributed by atoms with E-state index in [1.165, 1.54) is 13.2 Å². The van der Waals surface area contributed by atoms with Gasteiger partial charge in [0.05, 0.1) is 19.4 Å². The van der Waals surface area contributed by atoms with Crippen LogP contribution in [0.15, 0.2) is 36.9 Å². The van der Waals surface area contributed by atoms with Gasteiger partial charge in [0.15, 0.2) is 0 Å². The third kappa shape index (κ3) is 6.53. The summed E-state index contributed by atoms with van der Waals surface area (Å²) in [5.41, 5.74) is 1.36. The van der Waals surface area contributed by atoms with E-state index in [0.29, 0.717) is 18.9 Å². The molecule has 2 rings (SSSR count). The van der Waals surface area contributed by atoms with E-state index in [1.807, 2.05) is 0 Å². The van der Waals surface area contributed by atoms with Gasteiger partial charge in [0.1, 0.15) is 0 Å². The number of benzene rings is 1. The predicted octanol–water partition coefficient (Wildman–Crippen LogP) is 1.69. The second-order valence-electron chi connectivity index (χ2n) is 6.45. The Kier molecular flexibility index (Phi) is 8.00. The fourth-order valence-corrected chi connectivity index (χ4v) is 3.14. The molecule has 2 amide bonds. The first-order chi connectivity index (χ1) is 13.0. The number of carbonyl (C=O) groups excluding carboxylic acids is 3. The second kappa shape index (κ2) is 10.5. The third-order valence-corrected chi connectivity index (χ3v) is 4.60. The van der Waals surface area contributed by atoms with Crippen molar-refractivity contribution in [3.05, 3.63) is 42.5 Å². The highest BCUT2D eigenvalue weighted by molar-refractivity contribution is 5.98. The largest absolute Gasteiger partial charge is 0.469 e. The normalized spacial score (nSPS) is 15.4. The summed E-state index contributed by atoms with van der Waals surface area (Å²) in [5.74, 6) is -1.04. The molecule has 1 saturated heterocycles. The summed E-state index contributed by atoms with van der Waals surface area (Å²) in [6, 6.07) is 7.04. The fourth-order valence-electron chi connectivity index (χ4n) is 3.14. The van der Waals surface area contributed by atoms with E-state index in [2.05, 4.69) is 17.2 Å². The van der Waals surface area contributed by atoms with Crippen LogP contribution in [0, 0.1) is 11.8 Å². The highest BCUT2D eigenvalue weighted by atomic mass is 16.5. The van der Waals surface area contributed by atoms with Crippen LogP contribution >= 0.6 is 0 Å². The zero-order valence-corrected chi connectivity index (χ0v) is 15.5. The summed E-state index contributed by atoms with van der Waals surface area (Å²) in [6.45, 7) is 4.89. The summed E-state index contributed by atoms with van der Waals surface area (Å²) in [6.07, 6.45) is 2.89. The number of ether oxygens (including phenoxy) is 2. The van der Waals surface area contributed by atoms with Gasteiger partial charge in [0.2, 0.25) is 11.8 Å². The summed E-state index contributed by atoms with van der Waals surface area (Å²) in [4.78, 5) is 35.8. The van der Waals surface area contributed by atoms with Crippen LogP contribution in [0.5, 0.6) is 0 Å². The maximum Gasteiger partial charge on any atom is 0.310 e. The number of carbonyl (C=O) groups is 3. The van der Waals surface area contributed by atoms with Crippen molar-refractivity contribution in [2.45, 2.75) is 19.3 Å². The highest BCUT2D eigenvalue weighted by Crippen LogP contribution is 2.24. The van der Waals surface area contributed by atoms with Crippen molar-refractivity contribution in [3.8, 4) is 0 Å². The number of amides is 2. The molecule has 0 saturated carbocycles. The van der Waals surface area contributed by atoms with Crippen molar-refractivity contribution in [1.82, 2.24) is 5.32 Å². The molecule has 0 radical (unpaired) electrons. The molecule has 1 aromatic carbocycles. The zero-order valence-electron chi connectivity index (χ0n) is 15.5. The summed E-state index contributed by atoms with van der Waals surface area (Å²) in [7, 11) is 1.36. The SMILES string of the molecule is C=CC(=O)Nc1cccc(CC(=O)NCC(C(=O)OC)C2CCOCC2)c1. The topological polar surface area (TPSA) is 93.7 Å². The van der Waals surface area contributed by atoms with E-state index >= 15 is 0 Å². The Morgan fingerprint density at radius 2 is 2.07 bits per heavy atom. The van der Waals surface area contributed by atoms with Crippen molar-refractivity contribution < 1.29 is 23.9 Å². The third-order valence-electron chi connectivity index (χ3n) is 4.60. The van der Waals surface area contributed by atoms with Crippen LogP contribution in [-0.2, 0) is 30.3 Å². The number of methoxy groups -OCH3 is 1. The van der Waals surface area contributed by atoms with Crippen LogP contribution in [0.2, 0.25) is 0 Å². The number of anilines is 1. The Bertz CT molecular complexity index is 683. The first-order valence-corrected chi connectivity index (χ1v) is 8.98.